The molecule has 0 unspecified atom stereocenters. The van der Waals surface area contributed by atoms with Gasteiger partial charge in [0, 0.05) is 17.6 Å². The van der Waals surface area contributed by atoms with Gasteiger partial charge in [0.2, 0.25) is 0 Å². The highest BCUT2D eigenvalue weighted by Crippen LogP contribution is 2.12. The number of nitrogens with zero attached hydrogens (tertiary/aromatic N) is 1. The second-order valence-corrected chi connectivity index (χ2v) is 4.72. The Labute approximate surface area is 110 Å². The summed E-state index contributed by atoms with van der Waals surface area (Å²) in [6.07, 6.45) is 1.67. The van der Waals surface area contributed by atoms with Crippen LogP contribution in [0.5, 0.6) is 0 Å². The van der Waals surface area contributed by atoms with Gasteiger partial charge in [0.05, 0.1) is 12.1 Å². The van der Waals surface area contributed by atoms with Crippen LogP contribution in [0.3, 0.4) is 0 Å². The highest BCUT2D eigenvalue weighted by atomic mass is 32.1. The predicted octanol–water partition coefficient (Wildman–Crippen LogP) is 2.50. The summed E-state index contributed by atoms with van der Waals surface area (Å²) < 4.78 is 0. The highest BCUT2D eigenvalue weighted by molar-refractivity contribution is 7.09. The molecular weight excluding hydrogens is 246 g/mol. The van der Waals surface area contributed by atoms with Crippen LogP contribution in [-0.2, 0) is 6.54 Å². The molecule has 0 atom stereocenters. The zero-order valence-electron chi connectivity index (χ0n) is 10.1. The van der Waals surface area contributed by atoms with E-state index in [1.54, 1.807) is 29.7 Å². The summed E-state index contributed by atoms with van der Waals surface area (Å²) in [6.45, 7) is 3.27. The second kappa shape index (κ2) is 6.16. The van der Waals surface area contributed by atoms with Gasteiger partial charge in [-0.15, -0.1) is 11.3 Å². The van der Waals surface area contributed by atoms with Gasteiger partial charge in [0.1, 0.15) is 5.82 Å². The van der Waals surface area contributed by atoms with Crippen molar-refractivity contribution in [3.05, 3.63) is 46.3 Å². The number of pyridine rings is 1. The van der Waals surface area contributed by atoms with Gasteiger partial charge >= 0.3 is 0 Å². The van der Waals surface area contributed by atoms with E-state index < -0.39 is 0 Å². The molecule has 0 spiro atoms. The molecule has 0 aliphatic carbocycles. The SMILES string of the molecule is CCNc1ncccc1C(=O)NCc1cccs1. The van der Waals surface area contributed by atoms with E-state index in [0.29, 0.717) is 17.9 Å². The lowest BCUT2D eigenvalue weighted by atomic mass is 10.2. The lowest BCUT2D eigenvalue weighted by molar-refractivity contribution is 0.0952. The Morgan fingerprint density at radius 1 is 1.39 bits per heavy atom. The van der Waals surface area contributed by atoms with Crippen LogP contribution in [0.15, 0.2) is 35.8 Å². The van der Waals surface area contributed by atoms with Gasteiger partial charge in [0.15, 0.2) is 0 Å². The molecule has 94 valence electrons. The van der Waals surface area contributed by atoms with E-state index in [-0.39, 0.29) is 5.91 Å². The first-order chi connectivity index (χ1) is 8.81. The number of hydrogen-bond acceptors (Lipinski definition) is 4. The van der Waals surface area contributed by atoms with Gasteiger partial charge in [-0.3, -0.25) is 4.79 Å². The van der Waals surface area contributed by atoms with E-state index in [2.05, 4.69) is 15.6 Å². The lowest BCUT2D eigenvalue weighted by Gasteiger charge is -2.09. The highest BCUT2D eigenvalue weighted by Gasteiger charge is 2.11. The first kappa shape index (κ1) is 12.6. The van der Waals surface area contributed by atoms with E-state index in [9.17, 15) is 4.79 Å². The first-order valence-corrected chi connectivity index (χ1v) is 6.68. The van der Waals surface area contributed by atoms with Gasteiger partial charge in [-0.05, 0) is 30.5 Å². The average molecular weight is 261 g/mol. The largest absolute Gasteiger partial charge is 0.370 e. The van der Waals surface area contributed by atoms with Gasteiger partial charge in [-0.25, -0.2) is 4.98 Å². The van der Waals surface area contributed by atoms with Crippen molar-refractivity contribution in [2.24, 2.45) is 0 Å². The Morgan fingerprint density at radius 2 is 2.28 bits per heavy atom. The Balaban J connectivity index is 2.04. The molecule has 2 N–H and O–H groups in total. The molecule has 2 rings (SSSR count). The van der Waals surface area contributed by atoms with E-state index >= 15 is 0 Å². The van der Waals surface area contributed by atoms with Crippen LogP contribution in [0.1, 0.15) is 22.2 Å². The number of anilines is 1. The summed E-state index contributed by atoms with van der Waals surface area (Å²) >= 11 is 1.63. The monoisotopic (exact) mass is 261 g/mol. The van der Waals surface area contributed by atoms with Crippen LogP contribution in [0.25, 0.3) is 0 Å². The molecule has 0 aliphatic heterocycles. The summed E-state index contributed by atoms with van der Waals surface area (Å²) in [5, 5.41) is 7.97. The first-order valence-electron chi connectivity index (χ1n) is 5.80. The minimum Gasteiger partial charge on any atom is -0.370 e. The third kappa shape index (κ3) is 3.07. The predicted molar refractivity (Wildman–Crippen MR) is 73.9 cm³/mol. The molecule has 5 heteroatoms. The number of thiophene rings is 1. The standard InChI is InChI=1S/C13H15N3OS/c1-2-14-12-11(6-3-7-15-12)13(17)16-9-10-5-4-8-18-10/h3-8H,2,9H2,1H3,(H,14,15)(H,16,17). The zero-order valence-corrected chi connectivity index (χ0v) is 11.0. The van der Waals surface area contributed by atoms with Crippen molar-refractivity contribution in [3.63, 3.8) is 0 Å². The summed E-state index contributed by atoms with van der Waals surface area (Å²) in [7, 11) is 0. The molecule has 0 saturated heterocycles. The maximum absolute atomic E-state index is 12.0. The molecule has 4 nitrogen and oxygen atoms in total. The Kier molecular flexibility index (Phi) is 4.30. The van der Waals surface area contributed by atoms with Gasteiger partial charge < -0.3 is 10.6 Å². The molecule has 0 fully saturated rings. The van der Waals surface area contributed by atoms with Crippen molar-refractivity contribution >= 4 is 23.1 Å². The van der Waals surface area contributed by atoms with Crippen LogP contribution < -0.4 is 10.6 Å². The van der Waals surface area contributed by atoms with E-state index in [4.69, 9.17) is 0 Å². The molecule has 0 radical (unpaired) electrons. The smallest absolute Gasteiger partial charge is 0.255 e. The molecule has 0 bridgehead atoms. The van der Waals surface area contributed by atoms with Gasteiger partial charge in [0.25, 0.3) is 5.91 Å². The number of hydrogen-bond donors (Lipinski definition) is 2. The number of carbonyl (C=O) groups is 1. The molecule has 18 heavy (non-hydrogen) atoms. The normalized spacial score (nSPS) is 10.1. The molecule has 0 saturated carbocycles. The molecule has 2 heterocycles. The Hall–Kier alpha value is -1.88. The lowest BCUT2D eigenvalue weighted by Crippen LogP contribution is -2.23. The fourth-order valence-corrected chi connectivity index (χ4v) is 2.22. The molecule has 0 aliphatic rings. The fraction of sp³-hybridized carbons (Fsp3) is 0.231. The molecule has 0 aromatic carbocycles. The van der Waals surface area contributed by atoms with Crippen molar-refractivity contribution in [1.82, 2.24) is 10.3 Å². The maximum Gasteiger partial charge on any atom is 0.255 e. The van der Waals surface area contributed by atoms with Crippen LogP contribution in [0.2, 0.25) is 0 Å². The third-order valence-electron chi connectivity index (χ3n) is 2.40. The molecule has 2 aromatic rings. The Morgan fingerprint density at radius 3 is 3.00 bits per heavy atom. The van der Waals surface area contributed by atoms with Crippen molar-refractivity contribution in [2.45, 2.75) is 13.5 Å². The molecular formula is C13H15N3OS. The number of carbonyl (C=O) groups excluding carboxylic acids is 1. The summed E-state index contributed by atoms with van der Waals surface area (Å²) in [5.74, 6) is 0.524. The quantitative estimate of drug-likeness (QED) is 0.869. The van der Waals surface area contributed by atoms with E-state index in [1.807, 2.05) is 24.4 Å². The third-order valence-corrected chi connectivity index (χ3v) is 3.28. The van der Waals surface area contributed by atoms with Crippen molar-refractivity contribution in [3.8, 4) is 0 Å². The molecule has 1 amide bonds. The average Bonchev–Trinajstić information content (AvgIpc) is 2.90. The minimum atomic E-state index is -0.104. The van der Waals surface area contributed by atoms with Crippen molar-refractivity contribution in [1.29, 1.82) is 0 Å². The zero-order chi connectivity index (χ0) is 12.8. The number of rotatable bonds is 5. The summed E-state index contributed by atoms with van der Waals surface area (Å²) in [6, 6.07) is 7.51. The maximum atomic E-state index is 12.0. The number of amides is 1. The summed E-state index contributed by atoms with van der Waals surface area (Å²) in [4.78, 5) is 17.4. The Bertz CT molecular complexity index is 511. The molecule has 2 aromatic heterocycles. The van der Waals surface area contributed by atoms with Crippen LogP contribution in [0.4, 0.5) is 5.82 Å². The number of aromatic nitrogens is 1. The summed E-state index contributed by atoms with van der Waals surface area (Å²) in [5.41, 5.74) is 0.580. The van der Waals surface area contributed by atoms with Crippen molar-refractivity contribution < 1.29 is 4.79 Å². The van der Waals surface area contributed by atoms with Crippen molar-refractivity contribution in [2.75, 3.05) is 11.9 Å². The van der Waals surface area contributed by atoms with Crippen LogP contribution in [-0.4, -0.2) is 17.4 Å². The number of nitrogens with one attached hydrogen (secondary N) is 2. The topological polar surface area (TPSA) is 54.0 Å². The van der Waals surface area contributed by atoms with Crippen LogP contribution >= 0.6 is 11.3 Å². The van der Waals surface area contributed by atoms with E-state index in [0.717, 1.165) is 11.4 Å². The second-order valence-electron chi connectivity index (χ2n) is 3.69. The van der Waals surface area contributed by atoms with Crippen LogP contribution in [0, 0.1) is 0 Å². The van der Waals surface area contributed by atoms with Gasteiger partial charge in [-0.1, -0.05) is 6.07 Å². The van der Waals surface area contributed by atoms with E-state index in [1.165, 1.54) is 0 Å². The minimum absolute atomic E-state index is 0.104. The fourth-order valence-electron chi connectivity index (χ4n) is 1.57. The van der Waals surface area contributed by atoms with Gasteiger partial charge in [-0.2, -0.15) is 0 Å².